The summed E-state index contributed by atoms with van der Waals surface area (Å²) < 4.78 is 13.2. The normalized spacial score (nSPS) is 17.7. The van der Waals surface area contributed by atoms with E-state index in [0.717, 1.165) is 5.56 Å². The van der Waals surface area contributed by atoms with Gasteiger partial charge in [0.2, 0.25) is 5.91 Å². The molecule has 1 atom stereocenters. The van der Waals surface area contributed by atoms with Crippen LogP contribution in [-0.4, -0.2) is 34.9 Å². The molecule has 0 saturated carbocycles. The van der Waals surface area contributed by atoms with Crippen LogP contribution < -0.4 is 4.90 Å². The van der Waals surface area contributed by atoms with E-state index in [1.54, 1.807) is 30.5 Å². The van der Waals surface area contributed by atoms with Gasteiger partial charge in [0, 0.05) is 32.3 Å². The largest absolute Gasteiger partial charge is 0.353 e. The van der Waals surface area contributed by atoms with Crippen LogP contribution >= 0.6 is 0 Å². The Morgan fingerprint density at radius 1 is 1.30 bits per heavy atom. The van der Waals surface area contributed by atoms with Crippen molar-refractivity contribution in [2.75, 3.05) is 18.0 Å². The molecule has 1 aromatic heterocycles. The number of halogens is 1. The lowest BCUT2D eigenvalue weighted by Gasteiger charge is -2.35. The fourth-order valence-electron chi connectivity index (χ4n) is 3.47. The smallest absolute Gasteiger partial charge is 0.224 e. The molecule has 2 aromatic rings. The number of nitrogens with zero attached hydrogens (tertiary/aromatic N) is 4. The highest BCUT2D eigenvalue weighted by Gasteiger charge is 2.32. The Hall–Kier alpha value is -2.94. The number of hydrogen-bond acceptors (Lipinski definition) is 4. The van der Waals surface area contributed by atoms with Crippen molar-refractivity contribution in [1.29, 1.82) is 5.26 Å². The Bertz CT molecular complexity index is 844. The lowest BCUT2D eigenvalue weighted by atomic mass is 10.0. The van der Waals surface area contributed by atoms with Crippen LogP contribution in [0.5, 0.6) is 0 Å². The summed E-state index contributed by atoms with van der Waals surface area (Å²) in [4.78, 5) is 21.2. The monoisotopic (exact) mass is 366 g/mol. The number of aromatic nitrogens is 1. The van der Waals surface area contributed by atoms with E-state index in [0.29, 0.717) is 37.4 Å². The minimum Gasteiger partial charge on any atom is -0.353 e. The summed E-state index contributed by atoms with van der Waals surface area (Å²) in [7, 11) is 0. The summed E-state index contributed by atoms with van der Waals surface area (Å²) in [6.45, 7) is 5.75. The van der Waals surface area contributed by atoms with Gasteiger partial charge in [-0.3, -0.25) is 4.79 Å². The maximum absolute atomic E-state index is 13.2. The molecule has 1 aromatic carbocycles. The number of carbonyl (C=O) groups is 1. The molecule has 1 aliphatic heterocycles. The summed E-state index contributed by atoms with van der Waals surface area (Å²) in [6, 6.07) is 11.9. The van der Waals surface area contributed by atoms with Crippen LogP contribution in [-0.2, 0) is 11.3 Å². The fraction of sp³-hybridized carbons (Fsp3) is 0.381. The molecule has 1 saturated heterocycles. The first kappa shape index (κ1) is 18.8. The Morgan fingerprint density at radius 3 is 2.70 bits per heavy atom. The maximum Gasteiger partial charge on any atom is 0.224 e. The molecule has 2 heterocycles. The van der Waals surface area contributed by atoms with Gasteiger partial charge in [-0.05, 0) is 35.7 Å². The van der Waals surface area contributed by atoms with Gasteiger partial charge in [-0.15, -0.1) is 0 Å². The van der Waals surface area contributed by atoms with Gasteiger partial charge in [0.05, 0.1) is 11.6 Å². The molecular formula is C21H23FN4O. The van der Waals surface area contributed by atoms with Crippen LogP contribution in [0.1, 0.15) is 31.4 Å². The number of pyridine rings is 1. The van der Waals surface area contributed by atoms with Gasteiger partial charge in [-0.25, -0.2) is 9.37 Å². The number of rotatable bonds is 4. The van der Waals surface area contributed by atoms with Crippen LogP contribution in [0.2, 0.25) is 0 Å². The Kier molecular flexibility index (Phi) is 5.70. The molecule has 5 nitrogen and oxygen atoms in total. The zero-order valence-corrected chi connectivity index (χ0v) is 15.6. The Balaban J connectivity index is 1.88. The Morgan fingerprint density at radius 2 is 2.04 bits per heavy atom. The molecule has 3 rings (SSSR count). The van der Waals surface area contributed by atoms with E-state index in [9.17, 15) is 14.4 Å². The number of anilines is 1. The topological polar surface area (TPSA) is 60.2 Å². The lowest BCUT2D eigenvalue weighted by molar-refractivity contribution is -0.134. The number of nitriles is 1. The molecule has 0 N–H and O–H groups in total. The van der Waals surface area contributed by atoms with Gasteiger partial charge in [0.1, 0.15) is 17.7 Å². The van der Waals surface area contributed by atoms with Gasteiger partial charge < -0.3 is 9.80 Å². The van der Waals surface area contributed by atoms with Crippen molar-refractivity contribution >= 4 is 11.7 Å². The van der Waals surface area contributed by atoms with Crippen molar-refractivity contribution in [3.8, 4) is 6.07 Å². The molecule has 0 spiro atoms. The third-order valence-electron chi connectivity index (χ3n) is 4.97. The number of amides is 1. The van der Waals surface area contributed by atoms with E-state index >= 15 is 0 Å². The van der Waals surface area contributed by atoms with E-state index in [1.807, 2.05) is 9.80 Å². The standard InChI is InChI=1S/C21H23FN4O/c1-15(2)19-14-25(21-17(12-23)4-3-10-24-21)11-9-20(27)26(19)13-16-5-7-18(22)8-6-16/h3-8,10,15,19H,9,11,13-14H2,1-2H3/t19-/m1/s1. The first-order valence-corrected chi connectivity index (χ1v) is 9.13. The average Bonchev–Trinajstić information content (AvgIpc) is 2.83. The third-order valence-corrected chi connectivity index (χ3v) is 4.97. The number of carbonyl (C=O) groups excluding carboxylic acids is 1. The summed E-state index contributed by atoms with van der Waals surface area (Å²) >= 11 is 0. The summed E-state index contributed by atoms with van der Waals surface area (Å²) in [5.74, 6) is 0.632. The van der Waals surface area contributed by atoms with Crippen molar-refractivity contribution in [3.63, 3.8) is 0 Å². The molecule has 6 heteroatoms. The van der Waals surface area contributed by atoms with Crippen molar-refractivity contribution in [1.82, 2.24) is 9.88 Å². The SMILES string of the molecule is CC(C)[C@H]1CN(c2ncccc2C#N)CCC(=O)N1Cc1ccc(F)cc1. The second-order valence-electron chi connectivity index (χ2n) is 7.14. The zero-order valence-electron chi connectivity index (χ0n) is 15.6. The van der Waals surface area contributed by atoms with Crippen molar-refractivity contribution < 1.29 is 9.18 Å². The highest BCUT2D eigenvalue weighted by Crippen LogP contribution is 2.25. The zero-order chi connectivity index (χ0) is 19.4. The summed E-state index contributed by atoms with van der Waals surface area (Å²) in [6.07, 6.45) is 2.02. The van der Waals surface area contributed by atoms with E-state index in [4.69, 9.17) is 0 Å². The molecule has 1 aliphatic rings. The minimum atomic E-state index is -0.285. The van der Waals surface area contributed by atoms with Crippen LogP contribution in [0.3, 0.4) is 0 Å². The van der Waals surface area contributed by atoms with Gasteiger partial charge >= 0.3 is 0 Å². The second kappa shape index (κ2) is 8.17. The Labute approximate surface area is 159 Å². The van der Waals surface area contributed by atoms with Gasteiger partial charge in [0.15, 0.2) is 0 Å². The van der Waals surface area contributed by atoms with E-state index in [2.05, 4.69) is 24.9 Å². The van der Waals surface area contributed by atoms with E-state index in [1.165, 1.54) is 12.1 Å². The van der Waals surface area contributed by atoms with Gasteiger partial charge in [-0.2, -0.15) is 5.26 Å². The second-order valence-corrected chi connectivity index (χ2v) is 7.14. The maximum atomic E-state index is 13.2. The van der Waals surface area contributed by atoms with Crippen LogP contribution in [0.4, 0.5) is 10.2 Å². The van der Waals surface area contributed by atoms with Crippen LogP contribution in [0.15, 0.2) is 42.6 Å². The molecule has 0 unspecified atom stereocenters. The molecule has 140 valence electrons. The quantitative estimate of drug-likeness (QED) is 0.833. The number of benzene rings is 1. The van der Waals surface area contributed by atoms with E-state index in [-0.39, 0.29) is 23.7 Å². The molecule has 27 heavy (non-hydrogen) atoms. The van der Waals surface area contributed by atoms with E-state index < -0.39 is 0 Å². The van der Waals surface area contributed by atoms with Crippen LogP contribution in [0.25, 0.3) is 0 Å². The van der Waals surface area contributed by atoms with Gasteiger partial charge in [0.25, 0.3) is 0 Å². The summed E-state index contributed by atoms with van der Waals surface area (Å²) in [5.41, 5.74) is 1.42. The molecular weight excluding hydrogens is 343 g/mol. The van der Waals surface area contributed by atoms with Crippen LogP contribution in [0, 0.1) is 23.1 Å². The first-order valence-electron chi connectivity index (χ1n) is 9.13. The molecule has 1 amide bonds. The first-order chi connectivity index (χ1) is 13.0. The fourth-order valence-corrected chi connectivity index (χ4v) is 3.47. The highest BCUT2D eigenvalue weighted by atomic mass is 19.1. The molecule has 0 aliphatic carbocycles. The predicted molar refractivity (Wildman–Crippen MR) is 101 cm³/mol. The highest BCUT2D eigenvalue weighted by molar-refractivity contribution is 5.78. The molecule has 0 radical (unpaired) electrons. The minimum absolute atomic E-state index is 0.0291. The van der Waals surface area contributed by atoms with Gasteiger partial charge in [-0.1, -0.05) is 26.0 Å². The van der Waals surface area contributed by atoms with Crippen molar-refractivity contribution in [2.24, 2.45) is 5.92 Å². The molecule has 1 fully saturated rings. The third kappa shape index (κ3) is 4.25. The van der Waals surface area contributed by atoms with Crippen molar-refractivity contribution in [2.45, 2.75) is 32.9 Å². The average molecular weight is 366 g/mol. The summed E-state index contributed by atoms with van der Waals surface area (Å²) in [5, 5.41) is 9.39. The van der Waals surface area contributed by atoms with Crippen molar-refractivity contribution in [3.05, 3.63) is 59.5 Å². The lowest BCUT2D eigenvalue weighted by Crippen LogP contribution is -2.46. The molecule has 0 bridgehead atoms. The number of hydrogen-bond donors (Lipinski definition) is 0. The predicted octanol–water partition coefficient (Wildman–Crippen LogP) is 3.36.